The summed E-state index contributed by atoms with van der Waals surface area (Å²) in [6.45, 7) is 0. The number of fused-ring (bicyclic) bond motifs is 1. The van der Waals surface area contributed by atoms with Crippen molar-refractivity contribution in [2.45, 2.75) is 0 Å². The van der Waals surface area contributed by atoms with Crippen LogP contribution in [0, 0.1) is 0 Å². The number of hydrogen-bond acceptors (Lipinski definition) is 4. The van der Waals surface area contributed by atoms with Crippen LogP contribution in [0.1, 0.15) is 0 Å². The average Bonchev–Trinajstić information content (AvgIpc) is 3.25. The molecule has 0 bridgehead atoms. The fraction of sp³-hybridized carbons (Fsp3) is 0.111. The van der Waals surface area contributed by atoms with E-state index in [1.165, 1.54) is 5.69 Å². The second kappa shape index (κ2) is 5.52. The molecule has 114 valence electrons. The molecule has 3 aromatic heterocycles. The smallest absolute Gasteiger partial charge is 0.137 e. The normalized spacial score (nSPS) is 11.0. The van der Waals surface area contributed by atoms with Gasteiger partial charge in [-0.1, -0.05) is 6.07 Å². The third-order valence-electron chi connectivity index (χ3n) is 3.87. The van der Waals surface area contributed by atoms with Crippen LogP contribution in [0.5, 0.6) is 0 Å². The van der Waals surface area contributed by atoms with E-state index in [-0.39, 0.29) is 0 Å². The number of aromatic amines is 1. The van der Waals surface area contributed by atoms with E-state index in [0.29, 0.717) is 0 Å². The maximum Gasteiger partial charge on any atom is 0.137 e. The number of nitrogens with zero attached hydrogens (tertiary/aromatic N) is 3. The van der Waals surface area contributed by atoms with E-state index in [1.807, 2.05) is 30.0 Å². The molecular weight excluding hydrogens is 304 g/mol. The summed E-state index contributed by atoms with van der Waals surface area (Å²) in [5, 5.41) is 4.16. The van der Waals surface area contributed by atoms with Gasteiger partial charge in [-0.15, -0.1) is 11.3 Å². The Balaban J connectivity index is 1.87. The monoisotopic (exact) mass is 320 g/mol. The van der Waals surface area contributed by atoms with Crippen molar-refractivity contribution in [3.8, 4) is 21.7 Å². The summed E-state index contributed by atoms with van der Waals surface area (Å²) in [7, 11) is 4.11. The Bertz CT molecular complexity index is 954. The van der Waals surface area contributed by atoms with Gasteiger partial charge in [0.25, 0.3) is 0 Å². The first-order valence-corrected chi connectivity index (χ1v) is 8.25. The average molecular weight is 320 g/mol. The van der Waals surface area contributed by atoms with Crippen molar-refractivity contribution >= 4 is 28.1 Å². The van der Waals surface area contributed by atoms with Gasteiger partial charge in [0.1, 0.15) is 10.7 Å². The molecule has 1 aromatic carbocycles. The molecule has 5 heteroatoms. The van der Waals surface area contributed by atoms with Gasteiger partial charge in [-0.25, -0.2) is 9.97 Å². The van der Waals surface area contributed by atoms with Crippen LogP contribution in [-0.2, 0) is 0 Å². The van der Waals surface area contributed by atoms with E-state index in [1.54, 1.807) is 11.3 Å². The van der Waals surface area contributed by atoms with Gasteiger partial charge in [-0.2, -0.15) is 0 Å². The van der Waals surface area contributed by atoms with E-state index in [2.05, 4.69) is 58.2 Å². The highest BCUT2D eigenvalue weighted by Gasteiger charge is 2.12. The molecule has 0 unspecified atom stereocenters. The molecule has 0 fully saturated rings. The molecule has 0 atom stereocenters. The van der Waals surface area contributed by atoms with Crippen LogP contribution in [0.2, 0.25) is 0 Å². The number of pyridine rings is 1. The lowest BCUT2D eigenvalue weighted by Gasteiger charge is -2.17. The summed E-state index contributed by atoms with van der Waals surface area (Å²) in [4.78, 5) is 14.2. The van der Waals surface area contributed by atoms with Crippen LogP contribution in [0.4, 0.5) is 5.69 Å². The molecule has 4 rings (SSSR count). The predicted molar refractivity (Wildman–Crippen MR) is 97.0 cm³/mol. The SMILES string of the molecule is CN(C)c1ccc(-c2cnc3[nH]ccc3c2)cc1-c1nccs1. The quantitative estimate of drug-likeness (QED) is 0.608. The molecule has 0 saturated carbocycles. The van der Waals surface area contributed by atoms with Crippen LogP contribution in [0.3, 0.4) is 0 Å². The lowest BCUT2D eigenvalue weighted by atomic mass is 10.0. The van der Waals surface area contributed by atoms with Gasteiger partial charge in [-0.05, 0) is 29.8 Å². The molecule has 0 aliphatic carbocycles. The molecule has 0 saturated heterocycles. The van der Waals surface area contributed by atoms with Crippen LogP contribution in [0.15, 0.2) is 54.3 Å². The van der Waals surface area contributed by atoms with Gasteiger partial charge in [0.05, 0.1) is 0 Å². The molecule has 0 aliphatic rings. The highest BCUT2D eigenvalue weighted by atomic mass is 32.1. The number of aromatic nitrogens is 3. The number of rotatable bonds is 3. The third kappa shape index (κ3) is 2.49. The molecule has 0 aliphatic heterocycles. The summed E-state index contributed by atoms with van der Waals surface area (Å²) >= 11 is 1.66. The van der Waals surface area contributed by atoms with Gasteiger partial charge >= 0.3 is 0 Å². The van der Waals surface area contributed by atoms with Gasteiger partial charge < -0.3 is 9.88 Å². The van der Waals surface area contributed by atoms with Gasteiger partial charge in [0.15, 0.2) is 0 Å². The van der Waals surface area contributed by atoms with E-state index < -0.39 is 0 Å². The second-order valence-electron chi connectivity index (χ2n) is 5.60. The largest absolute Gasteiger partial charge is 0.377 e. The summed E-state index contributed by atoms with van der Waals surface area (Å²) in [6.07, 6.45) is 5.67. The van der Waals surface area contributed by atoms with E-state index in [4.69, 9.17) is 0 Å². The number of thiazole rings is 1. The maximum atomic E-state index is 4.49. The van der Waals surface area contributed by atoms with E-state index in [0.717, 1.165) is 32.7 Å². The van der Waals surface area contributed by atoms with Gasteiger partial charge in [0, 0.05) is 60.3 Å². The van der Waals surface area contributed by atoms with Gasteiger partial charge in [-0.3, -0.25) is 0 Å². The van der Waals surface area contributed by atoms with E-state index in [9.17, 15) is 0 Å². The van der Waals surface area contributed by atoms with Crippen molar-refractivity contribution in [2.75, 3.05) is 19.0 Å². The summed E-state index contributed by atoms with van der Waals surface area (Å²) < 4.78 is 0. The van der Waals surface area contributed by atoms with Crippen LogP contribution in [0.25, 0.3) is 32.7 Å². The number of hydrogen-bond donors (Lipinski definition) is 1. The Morgan fingerprint density at radius 1 is 1.04 bits per heavy atom. The zero-order chi connectivity index (χ0) is 15.8. The molecule has 0 spiro atoms. The highest BCUT2D eigenvalue weighted by Crippen LogP contribution is 2.35. The first kappa shape index (κ1) is 14.0. The van der Waals surface area contributed by atoms with E-state index >= 15 is 0 Å². The van der Waals surface area contributed by atoms with Crippen molar-refractivity contribution in [2.24, 2.45) is 0 Å². The molecule has 1 N–H and O–H groups in total. The second-order valence-corrected chi connectivity index (χ2v) is 6.50. The summed E-state index contributed by atoms with van der Waals surface area (Å²) in [5.41, 5.74) is 5.49. The first-order valence-electron chi connectivity index (χ1n) is 7.37. The van der Waals surface area contributed by atoms with Crippen molar-refractivity contribution in [1.82, 2.24) is 15.0 Å². The van der Waals surface area contributed by atoms with Crippen LogP contribution < -0.4 is 4.90 Å². The summed E-state index contributed by atoms with van der Waals surface area (Å²) in [6, 6.07) is 10.7. The Hall–Kier alpha value is -2.66. The van der Waals surface area contributed by atoms with Crippen molar-refractivity contribution < 1.29 is 0 Å². The molecule has 0 radical (unpaired) electrons. The lowest BCUT2D eigenvalue weighted by molar-refractivity contribution is 1.13. The zero-order valence-electron chi connectivity index (χ0n) is 12.9. The minimum Gasteiger partial charge on any atom is -0.377 e. The Kier molecular flexibility index (Phi) is 3.35. The van der Waals surface area contributed by atoms with Crippen molar-refractivity contribution in [3.05, 3.63) is 54.3 Å². The molecule has 3 heterocycles. The molecule has 23 heavy (non-hydrogen) atoms. The Labute approximate surface area is 138 Å². The number of nitrogens with one attached hydrogen (secondary N) is 1. The lowest BCUT2D eigenvalue weighted by Crippen LogP contribution is -2.09. The maximum absolute atomic E-state index is 4.49. The minimum absolute atomic E-state index is 0.916. The first-order chi connectivity index (χ1) is 11.2. The van der Waals surface area contributed by atoms with Crippen LogP contribution in [-0.4, -0.2) is 29.0 Å². The standard InChI is InChI=1S/C18H16N4S/c1-22(2)16-4-3-12(10-15(16)18-20-7-8-23-18)14-9-13-5-6-19-17(13)21-11-14/h3-11H,1-2H3,(H,19,21). The molecular formula is C18H16N4S. The van der Waals surface area contributed by atoms with Crippen molar-refractivity contribution in [3.63, 3.8) is 0 Å². The number of H-pyrrole nitrogens is 1. The fourth-order valence-electron chi connectivity index (χ4n) is 2.73. The Morgan fingerprint density at radius 2 is 1.96 bits per heavy atom. The fourth-order valence-corrected chi connectivity index (χ4v) is 3.39. The Morgan fingerprint density at radius 3 is 2.74 bits per heavy atom. The topological polar surface area (TPSA) is 44.8 Å². The number of anilines is 1. The highest BCUT2D eigenvalue weighted by molar-refractivity contribution is 7.13. The van der Waals surface area contributed by atoms with Crippen molar-refractivity contribution in [1.29, 1.82) is 0 Å². The zero-order valence-corrected chi connectivity index (χ0v) is 13.8. The molecule has 0 amide bonds. The summed E-state index contributed by atoms with van der Waals surface area (Å²) in [5.74, 6) is 0. The van der Waals surface area contributed by atoms with Crippen LogP contribution >= 0.6 is 11.3 Å². The predicted octanol–water partition coefficient (Wildman–Crippen LogP) is 4.42. The molecule has 4 aromatic rings. The number of benzene rings is 1. The third-order valence-corrected chi connectivity index (χ3v) is 4.68. The van der Waals surface area contributed by atoms with Gasteiger partial charge in [0.2, 0.25) is 0 Å². The minimum atomic E-state index is 0.916. The molecule has 4 nitrogen and oxygen atoms in total.